The maximum atomic E-state index is 12.8. The number of carboxylic acid groups (broad SMARTS) is 1. The molecule has 2 amide bonds. The van der Waals surface area contributed by atoms with Crippen LogP contribution in [-0.2, 0) is 19.1 Å². The van der Waals surface area contributed by atoms with Gasteiger partial charge >= 0.3 is 12.1 Å². The summed E-state index contributed by atoms with van der Waals surface area (Å²) >= 11 is 0. The third-order valence-electron chi connectivity index (χ3n) is 6.73. The van der Waals surface area contributed by atoms with Crippen LogP contribution in [0.25, 0.3) is 11.1 Å². The van der Waals surface area contributed by atoms with Crippen molar-refractivity contribution in [2.45, 2.75) is 38.1 Å². The van der Waals surface area contributed by atoms with Gasteiger partial charge in [-0.3, -0.25) is 9.59 Å². The highest BCUT2D eigenvalue weighted by Gasteiger charge is 2.39. The molecule has 0 spiro atoms. The Hall–Kier alpha value is -3.39. The van der Waals surface area contributed by atoms with Gasteiger partial charge in [0, 0.05) is 25.4 Å². The molecule has 8 heteroatoms. The Labute approximate surface area is 205 Å². The van der Waals surface area contributed by atoms with Gasteiger partial charge in [-0.25, -0.2) is 4.79 Å². The first kappa shape index (κ1) is 24.7. The quantitative estimate of drug-likeness (QED) is 0.503. The van der Waals surface area contributed by atoms with Crippen molar-refractivity contribution in [1.82, 2.24) is 10.2 Å². The molecule has 2 N–H and O–H groups in total. The summed E-state index contributed by atoms with van der Waals surface area (Å²) in [6.07, 6.45) is 0.869. The number of carboxylic acids is 1. The molecule has 0 bridgehead atoms. The van der Waals surface area contributed by atoms with Crippen molar-refractivity contribution in [1.29, 1.82) is 0 Å². The van der Waals surface area contributed by atoms with E-state index in [9.17, 15) is 19.5 Å². The van der Waals surface area contributed by atoms with Crippen LogP contribution in [0.15, 0.2) is 48.5 Å². The Morgan fingerprint density at radius 3 is 2.34 bits per heavy atom. The average molecular weight is 481 g/mol. The van der Waals surface area contributed by atoms with Gasteiger partial charge in [-0.15, -0.1) is 0 Å². The third-order valence-corrected chi connectivity index (χ3v) is 6.73. The zero-order chi connectivity index (χ0) is 24.8. The number of alkyl carbamates (subject to hydrolysis) is 1. The number of ether oxygens (including phenoxy) is 2. The number of hydrogen-bond donors (Lipinski definition) is 2. The van der Waals surface area contributed by atoms with Gasteiger partial charge in [0.25, 0.3) is 0 Å². The summed E-state index contributed by atoms with van der Waals surface area (Å²) < 4.78 is 10.9. The first-order valence-corrected chi connectivity index (χ1v) is 12.2. The van der Waals surface area contributed by atoms with E-state index in [1.807, 2.05) is 31.2 Å². The van der Waals surface area contributed by atoms with Crippen LogP contribution in [0, 0.1) is 5.92 Å². The van der Waals surface area contributed by atoms with Crippen LogP contribution < -0.4 is 5.32 Å². The molecule has 4 rings (SSSR count). The van der Waals surface area contributed by atoms with Gasteiger partial charge < -0.3 is 24.8 Å². The second kappa shape index (κ2) is 11.4. The van der Waals surface area contributed by atoms with Gasteiger partial charge in [-0.05, 0) is 35.1 Å². The van der Waals surface area contributed by atoms with Crippen molar-refractivity contribution < 1.29 is 29.0 Å². The summed E-state index contributed by atoms with van der Waals surface area (Å²) in [6.45, 7) is 3.33. The Morgan fingerprint density at radius 1 is 1.06 bits per heavy atom. The van der Waals surface area contributed by atoms with Crippen LogP contribution >= 0.6 is 0 Å². The fourth-order valence-corrected chi connectivity index (χ4v) is 5.03. The number of hydrogen-bond acceptors (Lipinski definition) is 5. The van der Waals surface area contributed by atoms with Crippen molar-refractivity contribution in [3.05, 3.63) is 59.7 Å². The summed E-state index contributed by atoms with van der Waals surface area (Å²) in [5.74, 6) is -1.78. The molecule has 0 aromatic heterocycles. The van der Waals surface area contributed by atoms with Gasteiger partial charge in [0.15, 0.2) is 0 Å². The average Bonchev–Trinajstić information content (AvgIpc) is 3.47. The van der Waals surface area contributed by atoms with Crippen LogP contribution in [-0.4, -0.2) is 66.9 Å². The standard InChI is InChI=1S/C27H32N2O6/c1-2-14-29(24-17-34-15-23(24)26(31)32)25(30)12-7-13-28-27(33)35-16-22-20-10-5-3-8-18(20)19-9-4-6-11-21(19)22/h3-6,8-11,22-24H,2,7,12-17H2,1H3,(H,28,33)(H,31,32). The summed E-state index contributed by atoms with van der Waals surface area (Å²) in [5, 5.41) is 12.1. The predicted octanol–water partition coefficient (Wildman–Crippen LogP) is 3.64. The van der Waals surface area contributed by atoms with E-state index in [2.05, 4.69) is 29.6 Å². The van der Waals surface area contributed by atoms with Crippen molar-refractivity contribution in [3.8, 4) is 11.1 Å². The SMILES string of the molecule is CCCN(C(=O)CCCNC(=O)OCC1c2ccccc2-c2ccccc21)C1COCC1C(=O)O. The lowest BCUT2D eigenvalue weighted by molar-refractivity contribution is -0.145. The minimum atomic E-state index is -0.946. The summed E-state index contributed by atoms with van der Waals surface area (Å²) in [6, 6.07) is 15.9. The Morgan fingerprint density at radius 2 is 1.71 bits per heavy atom. The molecule has 1 aliphatic heterocycles. The molecule has 2 aromatic carbocycles. The van der Waals surface area contributed by atoms with Gasteiger partial charge in [-0.1, -0.05) is 55.5 Å². The van der Waals surface area contributed by atoms with E-state index in [0.29, 0.717) is 19.5 Å². The number of aliphatic carboxylic acids is 1. The molecule has 1 fully saturated rings. The van der Waals surface area contributed by atoms with Crippen LogP contribution in [0.4, 0.5) is 4.79 Å². The lowest BCUT2D eigenvalue weighted by Crippen LogP contribution is -2.47. The van der Waals surface area contributed by atoms with Crippen molar-refractivity contribution >= 4 is 18.0 Å². The molecule has 1 heterocycles. The van der Waals surface area contributed by atoms with E-state index < -0.39 is 24.0 Å². The Balaban J connectivity index is 1.24. The molecule has 2 aliphatic rings. The van der Waals surface area contributed by atoms with E-state index in [4.69, 9.17) is 9.47 Å². The Kier molecular flexibility index (Phi) is 8.02. The predicted molar refractivity (Wildman–Crippen MR) is 130 cm³/mol. The molecule has 1 aliphatic carbocycles. The molecule has 35 heavy (non-hydrogen) atoms. The van der Waals surface area contributed by atoms with E-state index in [-0.39, 0.29) is 38.1 Å². The minimum absolute atomic E-state index is 0.00635. The van der Waals surface area contributed by atoms with Crippen molar-refractivity contribution in [2.75, 3.05) is 32.9 Å². The molecule has 186 valence electrons. The van der Waals surface area contributed by atoms with Gasteiger partial charge in [0.2, 0.25) is 5.91 Å². The number of amides is 2. The lowest BCUT2D eigenvalue weighted by Gasteiger charge is -2.30. The number of carbonyl (C=O) groups is 3. The van der Waals surface area contributed by atoms with Crippen molar-refractivity contribution in [3.63, 3.8) is 0 Å². The van der Waals surface area contributed by atoms with Gasteiger partial charge in [0.1, 0.15) is 12.5 Å². The maximum Gasteiger partial charge on any atom is 0.407 e. The highest BCUT2D eigenvalue weighted by molar-refractivity contribution is 5.80. The monoisotopic (exact) mass is 480 g/mol. The Bertz CT molecular complexity index is 1030. The summed E-state index contributed by atoms with van der Waals surface area (Å²) in [7, 11) is 0. The number of nitrogens with one attached hydrogen (secondary N) is 1. The minimum Gasteiger partial charge on any atom is -0.481 e. The molecular weight excluding hydrogens is 448 g/mol. The van der Waals surface area contributed by atoms with Crippen molar-refractivity contribution in [2.24, 2.45) is 5.92 Å². The largest absolute Gasteiger partial charge is 0.481 e. The number of rotatable bonds is 10. The second-order valence-corrected chi connectivity index (χ2v) is 8.99. The number of nitrogens with zero attached hydrogens (tertiary/aromatic N) is 1. The van der Waals surface area contributed by atoms with Crippen LogP contribution in [0.2, 0.25) is 0 Å². The number of carbonyl (C=O) groups excluding carboxylic acids is 2. The van der Waals surface area contributed by atoms with Crippen LogP contribution in [0.5, 0.6) is 0 Å². The molecular formula is C27H32N2O6. The molecule has 0 radical (unpaired) electrons. The topological polar surface area (TPSA) is 105 Å². The lowest BCUT2D eigenvalue weighted by atomic mass is 9.98. The van der Waals surface area contributed by atoms with E-state index in [1.165, 1.54) is 11.1 Å². The second-order valence-electron chi connectivity index (χ2n) is 8.99. The fourth-order valence-electron chi connectivity index (χ4n) is 5.03. The van der Waals surface area contributed by atoms with Crippen LogP contribution in [0.1, 0.15) is 43.2 Å². The normalized spacial score (nSPS) is 18.5. The molecule has 8 nitrogen and oxygen atoms in total. The zero-order valence-electron chi connectivity index (χ0n) is 19.9. The molecule has 2 aromatic rings. The van der Waals surface area contributed by atoms with E-state index >= 15 is 0 Å². The molecule has 2 atom stereocenters. The maximum absolute atomic E-state index is 12.8. The van der Waals surface area contributed by atoms with E-state index in [1.54, 1.807) is 4.90 Å². The number of benzene rings is 2. The smallest absolute Gasteiger partial charge is 0.407 e. The van der Waals surface area contributed by atoms with Gasteiger partial charge in [0.05, 0.1) is 19.3 Å². The first-order valence-electron chi connectivity index (χ1n) is 12.2. The fraction of sp³-hybridized carbons (Fsp3) is 0.444. The molecule has 1 saturated heterocycles. The van der Waals surface area contributed by atoms with E-state index in [0.717, 1.165) is 17.5 Å². The number of fused-ring (bicyclic) bond motifs is 3. The molecule has 0 saturated carbocycles. The van der Waals surface area contributed by atoms with Crippen LogP contribution in [0.3, 0.4) is 0 Å². The summed E-state index contributed by atoms with van der Waals surface area (Å²) in [5.41, 5.74) is 4.65. The zero-order valence-corrected chi connectivity index (χ0v) is 19.9. The van der Waals surface area contributed by atoms with Gasteiger partial charge in [-0.2, -0.15) is 0 Å². The molecule has 2 unspecified atom stereocenters. The first-order chi connectivity index (χ1) is 17.0. The summed E-state index contributed by atoms with van der Waals surface area (Å²) in [4.78, 5) is 38.2. The third kappa shape index (κ3) is 5.48. The highest BCUT2D eigenvalue weighted by atomic mass is 16.5. The highest BCUT2D eigenvalue weighted by Crippen LogP contribution is 2.44.